The smallest absolute Gasteiger partial charge is 0.335 e. The van der Waals surface area contributed by atoms with Gasteiger partial charge in [-0.1, -0.05) is 53.8 Å². The van der Waals surface area contributed by atoms with Gasteiger partial charge in [0.1, 0.15) is 0 Å². The molecule has 1 aliphatic heterocycles. The fraction of sp³-hybridized carbons (Fsp3) is 0.333. The van der Waals surface area contributed by atoms with Gasteiger partial charge in [0, 0.05) is 24.9 Å². The molecule has 172 valence electrons. The summed E-state index contributed by atoms with van der Waals surface area (Å²) in [4.78, 5) is 24.5. The minimum absolute atomic E-state index is 0.152. The van der Waals surface area contributed by atoms with Crippen LogP contribution in [0.3, 0.4) is 0 Å². The summed E-state index contributed by atoms with van der Waals surface area (Å²) in [7, 11) is 0. The van der Waals surface area contributed by atoms with Crippen molar-refractivity contribution in [2.75, 3.05) is 6.54 Å². The summed E-state index contributed by atoms with van der Waals surface area (Å²) in [5, 5.41) is 8.99. The van der Waals surface area contributed by atoms with Crippen molar-refractivity contribution in [1.82, 2.24) is 4.90 Å². The molecule has 0 spiro atoms. The SMILES string of the molecule is C/C(=C/CCCC#Cc1ccccc1)C1CC(F)(F)C(=O)N1CCc1ccc(C(=O)O)cc1. The van der Waals surface area contributed by atoms with Crippen molar-refractivity contribution in [2.45, 2.75) is 51.0 Å². The Hall–Kier alpha value is -3.46. The normalized spacial score (nSPS) is 17.5. The molecule has 2 aromatic carbocycles. The first-order chi connectivity index (χ1) is 15.8. The molecule has 1 saturated heterocycles. The molecule has 1 heterocycles. The molecule has 1 fully saturated rings. The van der Waals surface area contributed by atoms with Crippen LogP contribution in [-0.2, 0) is 11.2 Å². The second-order valence-electron chi connectivity index (χ2n) is 8.18. The lowest BCUT2D eigenvalue weighted by atomic mass is 10.0. The predicted octanol–water partition coefficient (Wildman–Crippen LogP) is 5.33. The Balaban J connectivity index is 1.57. The van der Waals surface area contributed by atoms with Crippen LogP contribution in [0.5, 0.6) is 0 Å². The van der Waals surface area contributed by atoms with E-state index in [1.165, 1.54) is 17.0 Å². The summed E-state index contributed by atoms with van der Waals surface area (Å²) >= 11 is 0. The fourth-order valence-corrected chi connectivity index (χ4v) is 3.86. The van der Waals surface area contributed by atoms with E-state index in [9.17, 15) is 18.4 Å². The highest BCUT2D eigenvalue weighted by molar-refractivity contribution is 5.87. The molecule has 0 bridgehead atoms. The van der Waals surface area contributed by atoms with Crippen molar-refractivity contribution >= 4 is 11.9 Å². The molecule has 33 heavy (non-hydrogen) atoms. The number of rotatable bonds is 8. The summed E-state index contributed by atoms with van der Waals surface area (Å²) in [5.74, 6) is 0.686. The quantitative estimate of drug-likeness (QED) is 0.335. The van der Waals surface area contributed by atoms with Gasteiger partial charge >= 0.3 is 11.9 Å². The zero-order valence-corrected chi connectivity index (χ0v) is 18.6. The number of halogens is 2. The van der Waals surface area contributed by atoms with Gasteiger partial charge in [-0.25, -0.2) is 4.79 Å². The molecule has 2 aromatic rings. The number of hydrogen-bond donors (Lipinski definition) is 1. The van der Waals surface area contributed by atoms with Crippen molar-refractivity contribution in [3.8, 4) is 11.8 Å². The number of aromatic carboxylic acids is 1. The molecule has 1 amide bonds. The average Bonchev–Trinajstić information content (AvgIpc) is 3.04. The van der Waals surface area contributed by atoms with Crippen LogP contribution < -0.4 is 0 Å². The maximum atomic E-state index is 14.2. The molecule has 1 N–H and O–H groups in total. The highest BCUT2D eigenvalue weighted by atomic mass is 19.3. The zero-order chi connectivity index (χ0) is 23.8. The summed E-state index contributed by atoms with van der Waals surface area (Å²) in [6.07, 6.45) is 4.01. The first-order valence-corrected chi connectivity index (χ1v) is 11.0. The van der Waals surface area contributed by atoms with Crippen molar-refractivity contribution in [3.63, 3.8) is 0 Å². The summed E-state index contributed by atoms with van der Waals surface area (Å²) < 4.78 is 28.4. The Kier molecular flexibility index (Phi) is 8.00. The van der Waals surface area contributed by atoms with Crippen LogP contribution in [0.1, 0.15) is 54.1 Å². The molecule has 1 atom stereocenters. The highest BCUT2D eigenvalue weighted by Gasteiger charge is 2.53. The van der Waals surface area contributed by atoms with E-state index in [-0.39, 0.29) is 12.1 Å². The number of benzene rings is 2. The Labute approximate surface area is 192 Å². The number of likely N-dealkylation sites (tertiary alicyclic amines) is 1. The van der Waals surface area contributed by atoms with Gasteiger partial charge in [-0.2, -0.15) is 8.78 Å². The first-order valence-electron chi connectivity index (χ1n) is 11.0. The summed E-state index contributed by atoms with van der Waals surface area (Å²) in [5.41, 5.74) is 2.68. The van der Waals surface area contributed by atoms with Gasteiger partial charge in [0.05, 0.1) is 11.6 Å². The van der Waals surface area contributed by atoms with Gasteiger partial charge in [0.2, 0.25) is 0 Å². The van der Waals surface area contributed by atoms with Crippen LogP contribution in [0.15, 0.2) is 66.2 Å². The molecule has 1 aliphatic rings. The third kappa shape index (κ3) is 6.52. The predicted molar refractivity (Wildman–Crippen MR) is 123 cm³/mol. The van der Waals surface area contributed by atoms with Crippen LogP contribution >= 0.6 is 0 Å². The molecule has 1 unspecified atom stereocenters. The molecule has 6 heteroatoms. The van der Waals surface area contributed by atoms with Gasteiger partial charge in [-0.15, -0.1) is 0 Å². The number of carbonyl (C=O) groups is 2. The minimum Gasteiger partial charge on any atom is -0.478 e. The molecule has 0 aliphatic carbocycles. The van der Waals surface area contributed by atoms with Crippen LogP contribution in [0.2, 0.25) is 0 Å². The molecule has 0 radical (unpaired) electrons. The van der Waals surface area contributed by atoms with E-state index in [0.717, 1.165) is 23.1 Å². The Morgan fingerprint density at radius 3 is 2.55 bits per heavy atom. The number of nitrogens with zero attached hydrogens (tertiary/aromatic N) is 1. The van der Waals surface area contributed by atoms with Crippen molar-refractivity contribution in [3.05, 3.63) is 82.9 Å². The maximum Gasteiger partial charge on any atom is 0.335 e. The Bertz CT molecular complexity index is 1070. The number of carboxylic acid groups (broad SMARTS) is 1. The van der Waals surface area contributed by atoms with Gasteiger partial charge in [-0.3, -0.25) is 4.79 Å². The van der Waals surface area contributed by atoms with E-state index < -0.39 is 30.3 Å². The van der Waals surface area contributed by atoms with E-state index in [2.05, 4.69) is 11.8 Å². The number of carbonyl (C=O) groups excluding carboxylic acids is 1. The van der Waals surface area contributed by atoms with Crippen LogP contribution in [0, 0.1) is 11.8 Å². The van der Waals surface area contributed by atoms with Crippen LogP contribution in [0.4, 0.5) is 8.78 Å². The minimum atomic E-state index is -3.37. The number of amides is 1. The fourth-order valence-electron chi connectivity index (χ4n) is 3.86. The van der Waals surface area contributed by atoms with E-state index >= 15 is 0 Å². The Morgan fingerprint density at radius 2 is 1.88 bits per heavy atom. The molecular formula is C27H27F2NO3. The summed E-state index contributed by atoms with van der Waals surface area (Å²) in [6, 6.07) is 15.3. The van der Waals surface area contributed by atoms with Crippen molar-refractivity contribution in [1.29, 1.82) is 0 Å². The Morgan fingerprint density at radius 1 is 1.18 bits per heavy atom. The third-order valence-corrected chi connectivity index (χ3v) is 5.75. The lowest BCUT2D eigenvalue weighted by molar-refractivity contribution is -0.148. The van der Waals surface area contributed by atoms with E-state index in [0.29, 0.717) is 19.3 Å². The standard InChI is InChI=1S/C27H27F2NO3/c1-20(9-5-2-3-6-10-21-11-7-4-8-12-21)24-19-27(28,29)26(33)30(24)18-17-22-13-15-23(16-14-22)25(31)32/h4,7-9,11-16,24H,2-3,5,17-19H2,1H3,(H,31,32)/b20-9-. The largest absolute Gasteiger partial charge is 0.478 e. The van der Waals surface area contributed by atoms with Gasteiger partial charge in [0.15, 0.2) is 0 Å². The zero-order valence-electron chi connectivity index (χ0n) is 18.6. The molecule has 4 nitrogen and oxygen atoms in total. The topological polar surface area (TPSA) is 57.6 Å². The monoisotopic (exact) mass is 451 g/mol. The average molecular weight is 452 g/mol. The van der Waals surface area contributed by atoms with Crippen LogP contribution in [-0.4, -0.2) is 40.4 Å². The van der Waals surface area contributed by atoms with Crippen LogP contribution in [0.25, 0.3) is 0 Å². The molecule has 0 saturated carbocycles. The highest BCUT2D eigenvalue weighted by Crippen LogP contribution is 2.36. The van der Waals surface area contributed by atoms with Crippen molar-refractivity contribution < 1.29 is 23.5 Å². The van der Waals surface area contributed by atoms with E-state index in [1.54, 1.807) is 19.1 Å². The lowest BCUT2D eigenvalue weighted by Crippen LogP contribution is -2.38. The second-order valence-corrected chi connectivity index (χ2v) is 8.18. The maximum absolute atomic E-state index is 14.2. The third-order valence-electron chi connectivity index (χ3n) is 5.75. The van der Waals surface area contributed by atoms with Gasteiger partial charge < -0.3 is 10.0 Å². The molecule has 0 aromatic heterocycles. The molecular weight excluding hydrogens is 424 g/mol. The number of carboxylic acids is 1. The summed E-state index contributed by atoms with van der Waals surface area (Å²) in [6.45, 7) is 1.95. The first kappa shape index (κ1) is 24.2. The number of alkyl halides is 2. The molecule has 3 rings (SSSR count). The second kappa shape index (κ2) is 10.9. The van der Waals surface area contributed by atoms with Crippen molar-refractivity contribution in [2.24, 2.45) is 0 Å². The van der Waals surface area contributed by atoms with E-state index in [4.69, 9.17) is 5.11 Å². The number of unbranched alkanes of at least 4 members (excludes halogenated alkanes) is 2. The number of hydrogen-bond acceptors (Lipinski definition) is 2. The van der Waals surface area contributed by atoms with Gasteiger partial charge in [-0.05, 0) is 56.0 Å². The lowest BCUT2D eigenvalue weighted by Gasteiger charge is -2.25. The number of allylic oxidation sites excluding steroid dienone is 1. The van der Waals surface area contributed by atoms with E-state index in [1.807, 2.05) is 36.4 Å². The van der Waals surface area contributed by atoms with Gasteiger partial charge in [0.25, 0.3) is 5.91 Å².